The van der Waals surface area contributed by atoms with Crippen molar-refractivity contribution in [3.63, 3.8) is 0 Å². The van der Waals surface area contributed by atoms with E-state index in [2.05, 4.69) is 42.9 Å². The number of ether oxygens (including phenoxy) is 1. The van der Waals surface area contributed by atoms with Gasteiger partial charge in [0.15, 0.2) is 23.2 Å². The summed E-state index contributed by atoms with van der Waals surface area (Å²) in [5, 5.41) is 42.7. The summed E-state index contributed by atoms with van der Waals surface area (Å²) in [5.41, 5.74) is 1.56. The van der Waals surface area contributed by atoms with Gasteiger partial charge in [0, 0.05) is 15.7 Å². The topological polar surface area (TPSA) is 146 Å². The first kappa shape index (κ1) is 19.3. The van der Waals surface area contributed by atoms with Crippen LogP contribution in [0.1, 0.15) is 11.8 Å². The number of hydrogen-bond acceptors (Lipinski definition) is 9. The highest BCUT2D eigenvalue weighted by molar-refractivity contribution is 14.1. The zero-order valence-corrected chi connectivity index (χ0v) is 16.6. The third-order valence-electron chi connectivity index (χ3n) is 4.64. The van der Waals surface area contributed by atoms with Gasteiger partial charge in [0.05, 0.1) is 12.9 Å². The van der Waals surface area contributed by atoms with Crippen molar-refractivity contribution in [3.05, 3.63) is 40.0 Å². The lowest BCUT2D eigenvalue weighted by Gasteiger charge is -2.16. The Balaban J connectivity index is 1.60. The number of aliphatic hydroxyl groups excluding tert-OH is 3. The van der Waals surface area contributed by atoms with Gasteiger partial charge < -0.3 is 30.5 Å². The standard InChI is InChI=1S/C17H18IN5O5/c18-9-2-1-8(10(25)3-9)4-19-15-12-16(21-6-20-15)23(7-22-12)17-14(27)13(26)11(5-24)28-17/h1-3,6-7,11,13-14,17,24-27H,4-5H2,(H,19,20,21)/t11-,13-,14-,17-/m1/s1. The number of hydrogen-bond donors (Lipinski definition) is 5. The minimum absolute atomic E-state index is 0.182. The molecule has 1 aliphatic heterocycles. The molecule has 1 aliphatic rings. The van der Waals surface area contributed by atoms with Crippen molar-refractivity contribution in [1.82, 2.24) is 19.5 Å². The average molecular weight is 499 g/mol. The van der Waals surface area contributed by atoms with Gasteiger partial charge in [-0.25, -0.2) is 15.0 Å². The summed E-state index contributed by atoms with van der Waals surface area (Å²) >= 11 is 2.12. The minimum Gasteiger partial charge on any atom is -0.508 e. The highest BCUT2D eigenvalue weighted by atomic mass is 127. The van der Waals surface area contributed by atoms with Gasteiger partial charge in [-0.1, -0.05) is 6.07 Å². The van der Waals surface area contributed by atoms with E-state index in [0.29, 0.717) is 29.1 Å². The fourth-order valence-corrected chi connectivity index (χ4v) is 3.62. The summed E-state index contributed by atoms with van der Waals surface area (Å²) in [4.78, 5) is 12.7. The molecule has 0 bridgehead atoms. The van der Waals surface area contributed by atoms with Crippen LogP contribution < -0.4 is 5.32 Å². The second kappa shape index (κ2) is 7.75. The van der Waals surface area contributed by atoms with Crippen molar-refractivity contribution < 1.29 is 25.2 Å². The number of anilines is 1. The lowest BCUT2D eigenvalue weighted by atomic mass is 10.1. The zero-order valence-electron chi connectivity index (χ0n) is 14.5. The Bertz CT molecular complexity index is 999. The first-order valence-corrected chi connectivity index (χ1v) is 9.58. The number of nitrogens with one attached hydrogen (secondary N) is 1. The van der Waals surface area contributed by atoms with Crippen molar-refractivity contribution in [3.8, 4) is 5.75 Å². The molecule has 0 aliphatic carbocycles. The van der Waals surface area contributed by atoms with E-state index >= 15 is 0 Å². The predicted molar refractivity (Wildman–Crippen MR) is 106 cm³/mol. The van der Waals surface area contributed by atoms with E-state index in [0.717, 1.165) is 3.57 Å². The molecule has 148 valence electrons. The molecule has 1 aromatic carbocycles. The van der Waals surface area contributed by atoms with Crippen LogP contribution in [-0.4, -0.2) is 64.9 Å². The van der Waals surface area contributed by atoms with Gasteiger partial charge in [-0.3, -0.25) is 4.57 Å². The van der Waals surface area contributed by atoms with Crippen LogP contribution in [0.4, 0.5) is 5.82 Å². The molecule has 0 saturated carbocycles. The fraction of sp³-hybridized carbons (Fsp3) is 0.353. The number of phenolic OH excluding ortho intramolecular Hbond substituents is 1. The van der Waals surface area contributed by atoms with E-state index in [4.69, 9.17) is 4.74 Å². The Morgan fingerprint density at radius 3 is 2.71 bits per heavy atom. The van der Waals surface area contributed by atoms with Crippen molar-refractivity contribution in [1.29, 1.82) is 0 Å². The lowest BCUT2D eigenvalue weighted by Crippen LogP contribution is -2.33. The van der Waals surface area contributed by atoms with Crippen LogP contribution >= 0.6 is 22.6 Å². The Hall–Kier alpha value is -2.06. The van der Waals surface area contributed by atoms with Gasteiger partial charge in [-0.15, -0.1) is 0 Å². The van der Waals surface area contributed by atoms with Gasteiger partial charge >= 0.3 is 0 Å². The summed E-state index contributed by atoms with van der Waals surface area (Å²) < 4.78 is 7.97. The number of aliphatic hydroxyl groups is 3. The smallest absolute Gasteiger partial charge is 0.167 e. The van der Waals surface area contributed by atoms with E-state index in [1.807, 2.05) is 12.1 Å². The maximum Gasteiger partial charge on any atom is 0.167 e. The molecule has 4 rings (SSSR count). The normalized spacial score (nSPS) is 24.7. The Labute approximate surface area is 173 Å². The third kappa shape index (κ3) is 3.39. The quantitative estimate of drug-likeness (QED) is 0.314. The van der Waals surface area contributed by atoms with Gasteiger partial charge in [0.2, 0.25) is 0 Å². The van der Waals surface area contributed by atoms with E-state index in [-0.39, 0.29) is 5.75 Å². The summed E-state index contributed by atoms with van der Waals surface area (Å²) in [6.07, 6.45) is -1.48. The Morgan fingerprint density at radius 2 is 2.00 bits per heavy atom. The van der Waals surface area contributed by atoms with Crippen LogP contribution in [-0.2, 0) is 11.3 Å². The van der Waals surface area contributed by atoms with E-state index in [1.165, 1.54) is 17.2 Å². The second-order valence-corrected chi connectivity index (χ2v) is 7.65. The Morgan fingerprint density at radius 1 is 1.18 bits per heavy atom. The number of nitrogens with zero attached hydrogens (tertiary/aromatic N) is 4. The summed E-state index contributed by atoms with van der Waals surface area (Å²) in [7, 11) is 0. The van der Waals surface area contributed by atoms with Gasteiger partial charge in [-0.05, 0) is 34.7 Å². The molecule has 1 saturated heterocycles. The summed E-state index contributed by atoms with van der Waals surface area (Å²) in [5.74, 6) is 0.634. The van der Waals surface area contributed by atoms with Crippen LogP contribution in [0.5, 0.6) is 5.75 Å². The van der Waals surface area contributed by atoms with Crippen LogP contribution in [0.15, 0.2) is 30.9 Å². The largest absolute Gasteiger partial charge is 0.508 e. The summed E-state index contributed by atoms with van der Waals surface area (Å²) in [6.45, 7) is -0.0851. The van der Waals surface area contributed by atoms with Gasteiger partial charge in [0.25, 0.3) is 0 Å². The molecule has 3 heterocycles. The lowest BCUT2D eigenvalue weighted by molar-refractivity contribution is -0.0511. The number of aromatic hydroxyl groups is 1. The number of aromatic nitrogens is 4. The number of benzene rings is 1. The molecule has 0 radical (unpaired) electrons. The number of phenols is 1. The predicted octanol–water partition coefficient (Wildman–Crippen LogP) is 0.360. The van der Waals surface area contributed by atoms with E-state index < -0.39 is 31.1 Å². The first-order chi connectivity index (χ1) is 13.5. The van der Waals surface area contributed by atoms with Crippen LogP contribution in [0.2, 0.25) is 0 Å². The maximum atomic E-state index is 10.2. The number of halogens is 1. The third-order valence-corrected chi connectivity index (χ3v) is 5.31. The maximum absolute atomic E-state index is 10.2. The molecular weight excluding hydrogens is 481 g/mol. The number of fused-ring (bicyclic) bond motifs is 1. The average Bonchev–Trinajstić information content (AvgIpc) is 3.23. The van der Waals surface area contributed by atoms with Crippen molar-refractivity contribution in [2.75, 3.05) is 11.9 Å². The second-order valence-electron chi connectivity index (χ2n) is 6.40. The molecule has 0 spiro atoms. The SMILES string of the molecule is OC[C@H]1O[C@@H](n2cnc3c(NCc4ccc(I)cc4O)ncnc32)[C@H](O)[C@@H]1O. The monoisotopic (exact) mass is 499 g/mol. The molecule has 10 nitrogen and oxygen atoms in total. The summed E-state index contributed by atoms with van der Waals surface area (Å²) in [6, 6.07) is 5.38. The highest BCUT2D eigenvalue weighted by Gasteiger charge is 2.44. The van der Waals surface area contributed by atoms with E-state index in [9.17, 15) is 20.4 Å². The Kier molecular flexibility index (Phi) is 5.33. The van der Waals surface area contributed by atoms with Crippen molar-refractivity contribution in [2.45, 2.75) is 31.1 Å². The molecule has 2 aromatic heterocycles. The van der Waals surface area contributed by atoms with Crippen molar-refractivity contribution >= 4 is 39.6 Å². The van der Waals surface area contributed by atoms with Crippen molar-refractivity contribution in [2.24, 2.45) is 0 Å². The highest BCUT2D eigenvalue weighted by Crippen LogP contribution is 2.32. The first-order valence-electron chi connectivity index (χ1n) is 8.51. The molecule has 28 heavy (non-hydrogen) atoms. The van der Waals surface area contributed by atoms with Gasteiger partial charge in [0.1, 0.15) is 30.4 Å². The molecule has 3 aromatic rings. The van der Waals surface area contributed by atoms with Gasteiger partial charge in [-0.2, -0.15) is 0 Å². The molecule has 0 unspecified atom stereocenters. The zero-order chi connectivity index (χ0) is 19.8. The molecule has 11 heteroatoms. The number of rotatable bonds is 5. The molecule has 0 amide bonds. The molecule has 4 atom stereocenters. The molecular formula is C17H18IN5O5. The minimum atomic E-state index is -1.23. The van der Waals surface area contributed by atoms with Crippen LogP contribution in [0.3, 0.4) is 0 Å². The number of imidazole rings is 1. The van der Waals surface area contributed by atoms with E-state index in [1.54, 1.807) is 6.07 Å². The molecule has 5 N–H and O–H groups in total. The van der Waals surface area contributed by atoms with Crippen LogP contribution in [0.25, 0.3) is 11.2 Å². The fourth-order valence-electron chi connectivity index (χ4n) is 3.14. The van der Waals surface area contributed by atoms with Crippen LogP contribution in [0, 0.1) is 3.57 Å². The molecule has 1 fully saturated rings.